The topological polar surface area (TPSA) is 73.8 Å². The highest BCUT2D eigenvalue weighted by Gasteiger charge is 2.21. The standard InChI is InChI=1S/C11H12N4O2/c1-8-11(15(16)17)9(2)14(13-8)7-10-4-3-5-12-6-10/h3-6H,7H2,1-2H3. The van der Waals surface area contributed by atoms with Crippen LogP contribution < -0.4 is 0 Å². The highest BCUT2D eigenvalue weighted by molar-refractivity contribution is 5.39. The van der Waals surface area contributed by atoms with Crippen molar-refractivity contribution >= 4 is 5.69 Å². The van der Waals surface area contributed by atoms with Crippen molar-refractivity contribution in [2.75, 3.05) is 0 Å². The van der Waals surface area contributed by atoms with Crippen molar-refractivity contribution in [2.45, 2.75) is 20.4 Å². The largest absolute Gasteiger partial charge is 0.312 e. The molecule has 0 N–H and O–H groups in total. The van der Waals surface area contributed by atoms with Crippen LogP contribution >= 0.6 is 0 Å². The predicted molar refractivity (Wildman–Crippen MR) is 61.7 cm³/mol. The SMILES string of the molecule is Cc1nn(Cc2cccnc2)c(C)c1[N+](=O)[O-]. The van der Waals surface area contributed by atoms with Crippen LogP contribution in [0.5, 0.6) is 0 Å². The Labute approximate surface area is 98.1 Å². The first-order chi connectivity index (χ1) is 8.09. The molecule has 0 aromatic carbocycles. The Bertz CT molecular complexity index is 548. The van der Waals surface area contributed by atoms with Gasteiger partial charge in [0.05, 0.1) is 11.5 Å². The Morgan fingerprint density at radius 3 is 2.76 bits per heavy atom. The van der Waals surface area contributed by atoms with Crippen molar-refractivity contribution in [1.82, 2.24) is 14.8 Å². The summed E-state index contributed by atoms with van der Waals surface area (Å²) in [7, 11) is 0. The molecule has 6 heteroatoms. The van der Waals surface area contributed by atoms with Crippen LogP contribution in [0.15, 0.2) is 24.5 Å². The lowest BCUT2D eigenvalue weighted by atomic mass is 10.3. The third-order valence-electron chi connectivity index (χ3n) is 2.58. The van der Waals surface area contributed by atoms with Crippen LogP contribution in [0, 0.1) is 24.0 Å². The van der Waals surface area contributed by atoms with Gasteiger partial charge in [-0.3, -0.25) is 19.8 Å². The van der Waals surface area contributed by atoms with Crippen LogP contribution in [0.2, 0.25) is 0 Å². The summed E-state index contributed by atoms with van der Waals surface area (Å²) in [6, 6.07) is 3.74. The molecule has 0 amide bonds. The van der Waals surface area contributed by atoms with Gasteiger partial charge in [-0.2, -0.15) is 5.10 Å². The van der Waals surface area contributed by atoms with Crippen LogP contribution in [0.3, 0.4) is 0 Å². The number of pyridine rings is 1. The number of hydrogen-bond donors (Lipinski definition) is 0. The maximum Gasteiger partial charge on any atom is 0.312 e. The molecule has 0 radical (unpaired) electrons. The lowest BCUT2D eigenvalue weighted by Gasteiger charge is -2.02. The Morgan fingerprint density at radius 1 is 1.47 bits per heavy atom. The molecule has 0 aliphatic heterocycles. The first-order valence-electron chi connectivity index (χ1n) is 5.17. The van der Waals surface area contributed by atoms with Crippen molar-refractivity contribution in [2.24, 2.45) is 0 Å². The molecule has 0 spiro atoms. The molecule has 0 unspecified atom stereocenters. The molecule has 88 valence electrons. The van der Waals surface area contributed by atoms with Gasteiger partial charge in [-0.15, -0.1) is 0 Å². The van der Waals surface area contributed by atoms with Crippen LogP contribution in [0.4, 0.5) is 5.69 Å². The minimum absolute atomic E-state index is 0.0916. The van der Waals surface area contributed by atoms with Gasteiger partial charge in [0.25, 0.3) is 0 Å². The van der Waals surface area contributed by atoms with Gasteiger partial charge < -0.3 is 0 Å². The minimum Gasteiger partial charge on any atom is -0.264 e. The van der Waals surface area contributed by atoms with Crippen LogP contribution in [0.1, 0.15) is 17.0 Å². The molecule has 0 atom stereocenters. The van der Waals surface area contributed by atoms with Crippen LogP contribution in [0.25, 0.3) is 0 Å². The Morgan fingerprint density at radius 2 is 2.24 bits per heavy atom. The molecule has 2 aromatic heterocycles. The van der Waals surface area contributed by atoms with E-state index in [2.05, 4.69) is 10.1 Å². The van der Waals surface area contributed by atoms with Gasteiger partial charge in [0, 0.05) is 12.4 Å². The zero-order valence-electron chi connectivity index (χ0n) is 9.62. The second-order valence-corrected chi connectivity index (χ2v) is 3.80. The van der Waals surface area contributed by atoms with Gasteiger partial charge in [0.2, 0.25) is 0 Å². The van der Waals surface area contributed by atoms with Crippen molar-refractivity contribution < 1.29 is 4.92 Å². The highest BCUT2D eigenvalue weighted by Crippen LogP contribution is 2.22. The van der Waals surface area contributed by atoms with Gasteiger partial charge >= 0.3 is 5.69 Å². The van der Waals surface area contributed by atoms with E-state index in [1.165, 1.54) is 0 Å². The molecule has 0 fully saturated rings. The quantitative estimate of drug-likeness (QED) is 0.598. The second kappa shape index (κ2) is 4.32. The molecular weight excluding hydrogens is 220 g/mol. The molecule has 2 rings (SSSR count). The fourth-order valence-corrected chi connectivity index (χ4v) is 1.77. The normalized spacial score (nSPS) is 10.5. The lowest BCUT2D eigenvalue weighted by molar-refractivity contribution is -0.386. The average molecular weight is 232 g/mol. The lowest BCUT2D eigenvalue weighted by Crippen LogP contribution is -2.04. The third kappa shape index (κ3) is 2.15. The van der Waals surface area contributed by atoms with E-state index in [4.69, 9.17) is 0 Å². The molecule has 2 aromatic rings. The van der Waals surface area contributed by atoms with Gasteiger partial charge in [0.1, 0.15) is 11.4 Å². The summed E-state index contributed by atoms with van der Waals surface area (Å²) < 4.78 is 1.63. The number of hydrogen-bond acceptors (Lipinski definition) is 4. The highest BCUT2D eigenvalue weighted by atomic mass is 16.6. The number of nitrogens with zero attached hydrogens (tertiary/aromatic N) is 4. The number of aryl methyl sites for hydroxylation is 1. The van der Waals surface area contributed by atoms with Gasteiger partial charge in [-0.25, -0.2) is 0 Å². The first kappa shape index (κ1) is 11.3. The predicted octanol–water partition coefficient (Wildman–Crippen LogP) is 1.85. The number of rotatable bonds is 3. The Kier molecular flexibility index (Phi) is 2.86. The zero-order chi connectivity index (χ0) is 12.4. The molecule has 0 saturated carbocycles. The molecule has 0 aliphatic carbocycles. The summed E-state index contributed by atoms with van der Waals surface area (Å²) in [5, 5.41) is 15.0. The van der Waals surface area contributed by atoms with Crippen molar-refractivity contribution in [1.29, 1.82) is 0 Å². The fourth-order valence-electron chi connectivity index (χ4n) is 1.77. The van der Waals surface area contributed by atoms with E-state index >= 15 is 0 Å². The molecular formula is C11H12N4O2. The van der Waals surface area contributed by atoms with E-state index in [9.17, 15) is 10.1 Å². The van der Waals surface area contributed by atoms with E-state index in [0.717, 1.165) is 5.56 Å². The zero-order valence-corrected chi connectivity index (χ0v) is 9.62. The van der Waals surface area contributed by atoms with Gasteiger partial charge in [-0.1, -0.05) is 6.07 Å². The summed E-state index contributed by atoms with van der Waals surface area (Å²) in [4.78, 5) is 14.5. The van der Waals surface area contributed by atoms with Crippen molar-refractivity contribution in [3.05, 3.63) is 51.6 Å². The van der Waals surface area contributed by atoms with Gasteiger partial charge in [0.15, 0.2) is 0 Å². The van der Waals surface area contributed by atoms with E-state index in [1.54, 1.807) is 30.9 Å². The fraction of sp³-hybridized carbons (Fsp3) is 0.273. The first-order valence-corrected chi connectivity index (χ1v) is 5.17. The molecule has 0 saturated heterocycles. The number of nitro groups is 1. The molecule has 0 bridgehead atoms. The summed E-state index contributed by atoms with van der Waals surface area (Å²) in [6.45, 7) is 3.84. The molecule has 17 heavy (non-hydrogen) atoms. The molecule has 0 aliphatic rings. The molecule has 2 heterocycles. The Hall–Kier alpha value is -2.24. The van der Waals surface area contributed by atoms with Gasteiger partial charge in [-0.05, 0) is 25.5 Å². The van der Waals surface area contributed by atoms with E-state index in [-0.39, 0.29) is 5.69 Å². The molecule has 6 nitrogen and oxygen atoms in total. The monoisotopic (exact) mass is 232 g/mol. The maximum absolute atomic E-state index is 10.8. The summed E-state index contributed by atoms with van der Waals surface area (Å²) in [6.07, 6.45) is 3.41. The second-order valence-electron chi connectivity index (χ2n) is 3.80. The van der Waals surface area contributed by atoms with E-state index in [1.807, 2.05) is 12.1 Å². The van der Waals surface area contributed by atoms with Crippen LogP contribution in [-0.2, 0) is 6.54 Å². The Balaban J connectivity index is 2.35. The van der Waals surface area contributed by atoms with Crippen LogP contribution in [-0.4, -0.2) is 19.7 Å². The maximum atomic E-state index is 10.8. The number of aromatic nitrogens is 3. The van der Waals surface area contributed by atoms with Crippen molar-refractivity contribution in [3.8, 4) is 0 Å². The van der Waals surface area contributed by atoms with E-state index in [0.29, 0.717) is 17.9 Å². The van der Waals surface area contributed by atoms with Crippen molar-refractivity contribution in [3.63, 3.8) is 0 Å². The average Bonchev–Trinajstić information content (AvgIpc) is 2.55. The van der Waals surface area contributed by atoms with E-state index < -0.39 is 4.92 Å². The smallest absolute Gasteiger partial charge is 0.264 e. The summed E-state index contributed by atoms with van der Waals surface area (Å²) in [5.41, 5.74) is 2.06. The minimum atomic E-state index is -0.391. The summed E-state index contributed by atoms with van der Waals surface area (Å²) >= 11 is 0. The third-order valence-corrected chi connectivity index (χ3v) is 2.58. The summed E-state index contributed by atoms with van der Waals surface area (Å²) in [5.74, 6) is 0.